The number of piperazine rings is 1. The van der Waals surface area contributed by atoms with Gasteiger partial charge in [0, 0.05) is 57.8 Å². The van der Waals surface area contributed by atoms with Gasteiger partial charge in [0.1, 0.15) is 6.10 Å². The fraction of sp³-hybridized carbons (Fsp3) is 0.478. The molecule has 3 aliphatic rings. The van der Waals surface area contributed by atoms with Crippen LogP contribution in [-0.4, -0.2) is 73.0 Å². The molecule has 164 valence electrons. The maximum absolute atomic E-state index is 12.9. The summed E-state index contributed by atoms with van der Waals surface area (Å²) in [6, 6.07) is 9.66. The van der Waals surface area contributed by atoms with Gasteiger partial charge in [0.25, 0.3) is 5.91 Å². The number of aromatic nitrogens is 1. The maximum atomic E-state index is 12.9. The minimum Gasteiger partial charge on any atom is -0.474 e. The third-order valence-electron chi connectivity index (χ3n) is 5.94. The number of hydrogen-bond donors (Lipinski definition) is 0. The van der Waals surface area contributed by atoms with Gasteiger partial charge in [-0.1, -0.05) is 6.07 Å². The largest absolute Gasteiger partial charge is 0.474 e. The van der Waals surface area contributed by atoms with Crippen LogP contribution in [0.15, 0.2) is 36.5 Å². The van der Waals surface area contributed by atoms with E-state index >= 15 is 0 Å². The first-order valence-corrected chi connectivity index (χ1v) is 10.9. The van der Waals surface area contributed by atoms with Crippen molar-refractivity contribution in [3.8, 4) is 17.4 Å². The average Bonchev–Trinajstić information content (AvgIpc) is 3.28. The predicted molar refractivity (Wildman–Crippen MR) is 112 cm³/mol. The Labute approximate surface area is 181 Å². The van der Waals surface area contributed by atoms with Crippen molar-refractivity contribution in [3.05, 3.63) is 47.7 Å². The summed E-state index contributed by atoms with van der Waals surface area (Å²) < 4.78 is 22.1. The molecular formula is C23H27N3O5. The van der Waals surface area contributed by atoms with E-state index in [1.54, 1.807) is 12.3 Å². The lowest BCUT2D eigenvalue weighted by Gasteiger charge is -2.34. The summed E-state index contributed by atoms with van der Waals surface area (Å²) in [7, 11) is 0. The summed E-state index contributed by atoms with van der Waals surface area (Å²) in [6.45, 7) is 5.63. The number of amides is 1. The van der Waals surface area contributed by atoms with Crippen molar-refractivity contribution in [1.29, 1.82) is 0 Å². The van der Waals surface area contributed by atoms with Crippen LogP contribution >= 0.6 is 0 Å². The number of fused-ring (bicyclic) bond motifs is 1. The lowest BCUT2D eigenvalue weighted by molar-refractivity contribution is 0.0237. The smallest absolute Gasteiger partial charge is 0.255 e. The van der Waals surface area contributed by atoms with Crippen LogP contribution in [0.25, 0.3) is 0 Å². The molecule has 5 rings (SSSR count). The van der Waals surface area contributed by atoms with Crippen molar-refractivity contribution in [1.82, 2.24) is 14.8 Å². The minimum atomic E-state index is 0.0212. The van der Waals surface area contributed by atoms with E-state index in [2.05, 4.69) is 16.0 Å². The molecule has 2 fully saturated rings. The number of benzene rings is 1. The number of carbonyl (C=O) groups excluding carboxylic acids is 1. The zero-order valence-electron chi connectivity index (χ0n) is 17.5. The van der Waals surface area contributed by atoms with E-state index in [0.717, 1.165) is 57.2 Å². The number of hydrogen-bond acceptors (Lipinski definition) is 7. The molecule has 0 spiro atoms. The van der Waals surface area contributed by atoms with Crippen molar-refractivity contribution in [2.75, 3.05) is 46.2 Å². The first kappa shape index (κ1) is 20.1. The normalized spacial score (nSPS) is 19.4. The summed E-state index contributed by atoms with van der Waals surface area (Å²) >= 11 is 0. The highest BCUT2D eigenvalue weighted by Crippen LogP contribution is 2.32. The van der Waals surface area contributed by atoms with Crippen molar-refractivity contribution in [3.63, 3.8) is 0 Å². The molecule has 0 N–H and O–H groups in total. The molecule has 4 heterocycles. The lowest BCUT2D eigenvalue weighted by atomic mass is 10.1. The second-order valence-corrected chi connectivity index (χ2v) is 8.07. The quantitative estimate of drug-likeness (QED) is 0.728. The number of carbonyl (C=O) groups is 1. The molecule has 0 aliphatic carbocycles. The van der Waals surface area contributed by atoms with Crippen LogP contribution in [0.5, 0.6) is 17.4 Å². The van der Waals surface area contributed by atoms with E-state index in [9.17, 15) is 4.79 Å². The lowest BCUT2D eigenvalue weighted by Crippen LogP contribution is -2.48. The molecule has 2 saturated heterocycles. The van der Waals surface area contributed by atoms with Crippen molar-refractivity contribution in [2.45, 2.75) is 25.5 Å². The zero-order chi connectivity index (χ0) is 21.0. The third kappa shape index (κ3) is 4.75. The van der Waals surface area contributed by atoms with Crippen molar-refractivity contribution < 1.29 is 23.7 Å². The summed E-state index contributed by atoms with van der Waals surface area (Å²) in [6.07, 6.45) is 3.51. The van der Waals surface area contributed by atoms with Gasteiger partial charge in [0.05, 0.1) is 18.8 Å². The van der Waals surface area contributed by atoms with Gasteiger partial charge in [0.2, 0.25) is 12.7 Å². The summed E-state index contributed by atoms with van der Waals surface area (Å²) in [5.74, 6) is 2.20. The van der Waals surface area contributed by atoms with E-state index in [1.165, 1.54) is 5.56 Å². The topological polar surface area (TPSA) is 73.4 Å². The van der Waals surface area contributed by atoms with Gasteiger partial charge in [-0.3, -0.25) is 9.69 Å². The van der Waals surface area contributed by atoms with Crippen LogP contribution in [0.3, 0.4) is 0 Å². The van der Waals surface area contributed by atoms with Crippen LogP contribution in [0.2, 0.25) is 0 Å². The molecule has 0 radical (unpaired) electrons. The first-order chi connectivity index (χ1) is 15.2. The molecule has 3 aliphatic heterocycles. The van der Waals surface area contributed by atoms with Crippen LogP contribution in [0.1, 0.15) is 28.8 Å². The van der Waals surface area contributed by atoms with E-state index in [0.29, 0.717) is 24.5 Å². The maximum Gasteiger partial charge on any atom is 0.255 e. The fourth-order valence-corrected chi connectivity index (χ4v) is 4.13. The average molecular weight is 425 g/mol. The van der Waals surface area contributed by atoms with Gasteiger partial charge in [0.15, 0.2) is 11.5 Å². The van der Waals surface area contributed by atoms with Crippen LogP contribution in [0, 0.1) is 0 Å². The Kier molecular flexibility index (Phi) is 5.90. The summed E-state index contributed by atoms with van der Waals surface area (Å²) in [4.78, 5) is 21.5. The molecule has 0 saturated carbocycles. The highest BCUT2D eigenvalue weighted by molar-refractivity contribution is 5.94. The first-order valence-electron chi connectivity index (χ1n) is 10.9. The highest BCUT2D eigenvalue weighted by atomic mass is 16.7. The Balaban J connectivity index is 1.12. The molecular weight excluding hydrogens is 398 g/mol. The minimum absolute atomic E-state index is 0.0212. The zero-order valence-corrected chi connectivity index (χ0v) is 17.5. The number of nitrogens with zero attached hydrogens (tertiary/aromatic N) is 3. The number of ether oxygens (including phenoxy) is 4. The number of rotatable bonds is 5. The molecule has 1 aromatic carbocycles. The molecule has 0 unspecified atom stereocenters. The Morgan fingerprint density at radius 3 is 2.61 bits per heavy atom. The molecule has 2 aromatic rings. The van der Waals surface area contributed by atoms with E-state index in [4.69, 9.17) is 18.9 Å². The van der Waals surface area contributed by atoms with Crippen molar-refractivity contribution in [2.24, 2.45) is 0 Å². The van der Waals surface area contributed by atoms with E-state index in [-0.39, 0.29) is 18.8 Å². The van der Waals surface area contributed by atoms with Gasteiger partial charge < -0.3 is 23.8 Å². The van der Waals surface area contributed by atoms with Gasteiger partial charge in [-0.15, -0.1) is 0 Å². The summed E-state index contributed by atoms with van der Waals surface area (Å²) in [5.41, 5.74) is 1.79. The number of pyridine rings is 1. The Hall–Kier alpha value is -2.84. The molecule has 0 atom stereocenters. The Morgan fingerprint density at radius 2 is 1.84 bits per heavy atom. The Bertz CT molecular complexity index is 906. The molecule has 8 nitrogen and oxygen atoms in total. The van der Waals surface area contributed by atoms with Crippen LogP contribution in [-0.2, 0) is 11.3 Å². The standard InChI is InChI=1S/C23H27N3O5/c27-23(18-2-4-22(24-14-18)31-19-5-11-28-12-6-19)26-9-7-25(8-10-26)15-17-1-3-20-21(13-17)30-16-29-20/h1-4,13-14,19H,5-12,15-16H2. The van der Waals surface area contributed by atoms with Crippen LogP contribution < -0.4 is 14.2 Å². The molecule has 31 heavy (non-hydrogen) atoms. The second-order valence-electron chi connectivity index (χ2n) is 8.07. The highest BCUT2D eigenvalue weighted by Gasteiger charge is 2.23. The van der Waals surface area contributed by atoms with Gasteiger partial charge in [-0.25, -0.2) is 4.98 Å². The van der Waals surface area contributed by atoms with Crippen LogP contribution in [0.4, 0.5) is 0 Å². The molecule has 1 amide bonds. The Morgan fingerprint density at radius 1 is 1.03 bits per heavy atom. The van der Waals surface area contributed by atoms with Crippen molar-refractivity contribution >= 4 is 5.91 Å². The second kappa shape index (κ2) is 9.11. The van der Waals surface area contributed by atoms with E-state index < -0.39 is 0 Å². The van der Waals surface area contributed by atoms with Gasteiger partial charge >= 0.3 is 0 Å². The summed E-state index contributed by atoms with van der Waals surface area (Å²) in [5, 5.41) is 0. The van der Waals surface area contributed by atoms with Gasteiger partial charge in [-0.2, -0.15) is 0 Å². The molecule has 0 bridgehead atoms. The molecule has 1 aromatic heterocycles. The monoisotopic (exact) mass is 425 g/mol. The fourth-order valence-electron chi connectivity index (χ4n) is 4.13. The predicted octanol–water partition coefficient (Wildman–Crippen LogP) is 2.33. The van der Waals surface area contributed by atoms with Gasteiger partial charge in [-0.05, 0) is 23.8 Å². The third-order valence-corrected chi connectivity index (χ3v) is 5.94. The van der Waals surface area contributed by atoms with E-state index in [1.807, 2.05) is 23.1 Å². The molecule has 8 heteroatoms. The SMILES string of the molecule is O=C(c1ccc(OC2CCOCC2)nc1)N1CCN(Cc2ccc3c(c2)OCO3)CC1.